The molecule has 1 nitrogen and oxygen atoms in total. The predicted octanol–water partition coefficient (Wildman–Crippen LogP) is 14.6. The quantitative estimate of drug-likeness (QED) is 0.173. The van der Waals surface area contributed by atoms with E-state index in [9.17, 15) is 0 Å². The summed E-state index contributed by atoms with van der Waals surface area (Å²) in [4.78, 5) is 0. The highest BCUT2D eigenvalue weighted by Crippen LogP contribution is 2.51. The minimum absolute atomic E-state index is 0.303. The third-order valence-corrected chi connectivity index (χ3v) is 13.1. The first-order valence-electron chi connectivity index (χ1n) is 18.8. The molecular formula is C52H33NS. The zero-order valence-electron chi connectivity index (χ0n) is 29.4. The van der Waals surface area contributed by atoms with Crippen molar-refractivity contribution in [1.29, 1.82) is 0 Å². The molecule has 0 fully saturated rings. The zero-order chi connectivity index (χ0) is 35.3. The molecule has 0 amide bonds. The minimum Gasteiger partial charge on any atom is -0.309 e. The van der Waals surface area contributed by atoms with Gasteiger partial charge in [0.25, 0.3) is 0 Å². The Morgan fingerprint density at radius 2 is 1.02 bits per heavy atom. The molecule has 0 aliphatic heterocycles. The SMILES string of the molecule is C1=CC2c3ccccc3-c3cc4c5cc(-c6ccc7sc8ccc(-c9ccccc9)cc8c7c6)ccc5n(-c5ccc6ccccc6c5)c4cc3C2C=C1. The Kier molecular flexibility index (Phi) is 6.40. The van der Waals surface area contributed by atoms with E-state index < -0.39 is 0 Å². The molecule has 2 atom stereocenters. The van der Waals surface area contributed by atoms with Gasteiger partial charge < -0.3 is 4.57 Å². The van der Waals surface area contributed by atoms with Crippen LogP contribution >= 0.6 is 11.3 Å². The molecule has 54 heavy (non-hydrogen) atoms. The van der Waals surface area contributed by atoms with Gasteiger partial charge in [0.2, 0.25) is 0 Å². The highest BCUT2D eigenvalue weighted by atomic mass is 32.1. The smallest absolute Gasteiger partial charge is 0.0544 e. The van der Waals surface area contributed by atoms with Gasteiger partial charge in [-0.1, -0.05) is 127 Å². The maximum atomic E-state index is 2.50. The summed E-state index contributed by atoms with van der Waals surface area (Å²) in [5, 5.41) is 7.71. The maximum Gasteiger partial charge on any atom is 0.0544 e. The maximum absolute atomic E-state index is 2.50. The number of allylic oxidation sites excluding steroid dienone is 4. The van der Waals surface area contributed by atoms with Crippen molar-refractivity contribution in [2.24, 2.45) is 0 Å². The van der Waals surface area contributed by atoms with E-state index in [0.717, 1.165) is 0 Å². The summed E-state index contributed by atoms with van der Waals surface area (Å²) in [6, 6.07) is 61.4. The van der Waals surface area contributed by atoms with E-state index in [-0.39, 0.29) is 0 Å². The molecule has 2 aromatic heterocycles. The van der Waals surface area contributed by atoms with Gasteiger partial charge in [-0.3, -0.25) is 0 Å². The second kappa shape index (κ2) is 11.5. The lowest BCUT2D eigenvalue weighted by atomic mass is 9.70. The standard InChI is InChI=1S/C52H33NS/c1-2-10-32(11-3-1)35-20-24-51-47(28-35)48-29-37(21-25-52(48)54-51)36-19-23-49-45(27-36)46-30-43-41-16-8-6-14-39(41)40-15-7-9-17-42(40)44(43)31-50(46)53(49)38-22-18-33-12-4-5-13-34(33)26-38/h1-31,40,42H. The second-order valence-electron chi connectivity index (χ2n) is 14.9. The molecule has 0 saturated heterocycles. The minimum atomic E-state index is 0.303. The lowest BCUT2D eigenvalue weighted by molar-refractivity contribution is 0.721. The van der Waals surface area contributed by atoms with E-state index in [0.29, 0.717) is 11.8 Å². The van der Waals surface area contributed by atoms with E-state index >= 15 is 0 Å². The molecule has 8 aromatic carbocycles. The van der Waals surface area contributed by atoms with Crippen LogP contribution in [0.15, 0.2) is 188 Å². The van der Waals surface area contributed by atoms with Gasteiger partial charge in [-0.25, -0.2) is 0 Å². The summed E-state index contributed by atoms with van der Waals surface area (Å²) in [6.07, 6.45) is 9.23. The van der Waals surface area contributed by atoms with Gasteiger partial charge in [0.05, 0.1) is 11.0 Å². The van der Waals surface area contributed by atoms with Gasteiger partial charge in [-0.15, -0.1) is 11.3 Å². The number of nitrogens with zero attached hydrogens (tertiary/aromatic N) is 1. The van der Waals surface area contributed by atoms with Gasteiger partial charge in [0.15, 0.2) is 0 Å². The number of thiophene rings is 1. The second-order valence-corrected chi connectivity index (χ2v) is 15.9. The van der Waals surface area contributed by atoms with Crippen LogP contribution < -0.4 is 0 Å². The van der Waals surface area contributed by atoms with Crippen molar-refractivity contribution in [2.45, 2.75) is 11.8 Å². The summed E-state index contributed by atoms with van der Waals surface area (Å²) in [6.45, 7) is 0. The van der Waals surface area contributed by atoms with Gasteiger partial charge in [0.1, 0.15) is 0 Å². The summed E-state index contributed by atoms with van der Waals surface area (Å²) in [5.74, 6) is 0.644. The van der Waals surface area contributed by atoms with Crippen LogP contribution in [0.4, 0.5) is 0 Å². The highest BCUT2D eigenvalue weighted by Gasteiger charge is 2.32. The van der Waals surface area contributed by atoms with Crippen molar-refractivity contribution in [1.82, 2.24) is 4.57 Å². The largest absolute Gasteiger partial charge is 0.309 e. The molecule has 2 heterocycles. The molecule has 2 aliphatic rings. The molecule has 0 bridgehead atoms. The molecule has 0 N–H and O–H groups in total. The molecule has 12 rings (SSSR count). The van der Waals surface area contributed by atoms with Crippen molar-refractivity contribution in [2.75, 3.05) is 0 Å². The summed E-state index contributed by atoms with van der Waals surface area (Å²) < 4.78 is 5.15. The van der Waals surface area contributed by atoms with Crippen molar-refractivity contribution in [3.05, 3.63) is 199 Å². The number of hydrogen-bond donors (Lipinski definition) is 0. The Morgan fingerprint density at radius 3 is 1.81 bits per heavy atom. The Morgan fingerprint density at radius 1 is 0.389 bits per heavy atom. The summed E-state index contributed by atoms with van der Waals surface area (Å²) in [5.41, 5.74) is 14.2. The fraction of sp³-hybridized carbons (Fsp3) is 0.0385. The highest BCUT2D eigenvalue weighted by molar-refractivity contribution is 7.25. The van der Waals surface area contributed by atoms with Crippen molar-refractivity contribution < 1.29 is 0 Å². The van der Waals surface area contributed by atoms with E-state index in [1.54, 1.807) is 0 Å². The lowest BCUT2D eigenvalue weighted by Crippen LogP contribution is -2.16. The topological polar surface area (TPSA) is 4.93 Å². The number of rotatable bonds is 3. The molecule has 2 heteroatoms. The first kappa shape index (κ1) is 30.0. The van der Waals surface area contributed by atoms with Crippen molar-refractivity contribution in [3.63, 3.8) is 0 Å². The molecule has 0 spiro atoms. The van der Waals surface area contributed by atoms with Crippen LogP contribution in [0.2, 0.25) is 0 Å². The van der Waals surface area contributed by atoms with Crippen LogP contribution in [0, 0.1) is 0 Å². The van der Waals surface area contributed by atoms with Crippen molar-refractivity contribution >= 4 is 64.1 Å². The van der Waals surface area contributed by atoms with Gasteiger partial charge >= 0.3 is 0 Å². The van der Waals surface area contributed by atoms with Gasteiger partial charge in [-0.2, -0.15) is 0 Å². The van der Waals surface area contributed by atoms with Crippen LogP contribution in [0.3, 0.4) is 0 Å². The average Bonchev–Trinajstić information content (AvgIpc) is 3.77. The monoisotopic (exact) mass is 703 g/mol. The Balaban J connectivity index is 1.10. The van der Waals surface area contributed by atoms with E-state index in [4.69, 9.17) is 0 Å². The van der Waals surface area contributed by atoms with Crippen LogP contribution in [0.25, 0.3) is 91.8 Å². The normalized spacial score (nSPS) is 16.0. The molecule has 0 radical (unpaired) electrons. The van der Waals surface area contributed by atoms with Crippen LogP contribution in [-0.2, 0) is 0 Å². The first-order chi connectivity index (χ1) is 26.7. The molecule has 2 aliphatic carbocycles. The molecular weight excluding hydrogens is 671 g/mol. The molecule has 10 aromatic rings. The van der Waals surface area contributed by atoms with Gasteiger partial charge in [-0.05, 0) is 116 Å². The number of benzene rings is 8. The van der Waals surface area contributed by atoms with E-state index in [1.165, 1.54) is 103 Å². The van der Waals surface area contributed by atoms with Crippen LogP contribution in [0.1, 0.15) is 23.0 Å². The number of aromatic nitrogens is 1. The number of hydrogen-bond acceptors (Lipinski definition) is 1. The Labute approximate surface area is 317 Å². The molecule has 2 unspecified atom stereocenters. The van der Waals surface area contributed by atoms with Crippen LogP contribution in [-0.4, -0.2) is 4.57 Å². The molecule has 0 saturated carbocycles. The molecule has 252 valence electrons. The lowest BCUT2D eigenvalue weighted by Gasteiger charge is -2.34. The third kappa shape index (κ3) is 4.44. The Bertz CT molecular complexity index is 3230. The predicted molar refractivity (Wildman–Crippen MR) is 231 cm³/mol. The third-order valence-electron chi connectivity index (χ3n) is 11.9. The van der Waals surface area contributed by atoms with Gasteiger partial charge in [0, 0.05) is 48.5 Å². The Hall–Kier alpha value is -6.48. The fourth-order valence-electron chi connectivity index (χ4n) is 9.37. The number of fused-ring (bicyclic) bond motifs is 13. The van der Waals surface area contributed by atoms with Crippen LogP contribution in [0.5, 0.6) is 0 Å². The van der Waals surface area contributed by atoms with E-state index in [1.807, 2.05) is 11.3 Å². The zero-order valence-corrected chi connectivity index (χ0v) is 30.2. The first-order valence-corrected chi connectivity index (χ1v) is 19.6. The average molecular weight is 704 g/mol. The van der Waals surface area contributed by atoms with Crippen molar-refractivity contribution in [3.8, 4) is 39.1 Å². The summed E-state index contributed by atoms with van der Waals surface area (Å²) in [7, 11) is 0. The van der Waals surface area contributed by atoms with E-state index in [2.05, 4.69) is 193 Å². The fourth-order valence-corrected chi connectivity index (χ4v) is 10.4. The summed E-state index contributed by atoms with van der Waals surface area (Å²) >= 11 is 1.88.